The van der Waals surface area contributed by atoms with Crippen LogP contribution in [-0.4, -0.2) is 31.2 Å². The number of anilines is 1. The quantitative estimate of drug-likeness (QED) is 0.743. The molecular formula is C19H20BrFN2O3S. The first-order valence-corrected chi connectivity index (χ1v) is 10.9. The smallest absolute Gasteiger partial charge is 0.255 e. The number of rotatable bonds is 4. The fourth-order valence-electron chi connectivity index (χ4n) is 3.15. The Morgan fingerprint density at radius 1 is 1.22 bits per heavy atom. The zero-order valence-corrected chi connectivity index (χ0v) is 17.2. The predicted octanol–water partition coefficient (Wildman–Crippen LogP) is 4.40. The molecule has 144 valence electrons. The molecule has 2 aromatic carbocycles. The van der Waals surface area contributed by atoms with Crippen molar-refractivity contribution in [3.63, 3.8) is 0 Å². The van der Waals surface area contributed by atoms with Crippen LogP contribution >= 0.6 is 15.9 Å². The Labute approximate surface area is 166 Å². The highest BCUT2D eigenvalue weighted by Gasteiger charge is 2.31. The van der Waals surface area contributed by atoms with Crippen molar-refractivity contribution in [1.29, 1.82) is 0 Å². The van der Waals surface area contributed by atoms with E-state index in [0.29, 0.717) is 11.0 Å². The second kappa shape index (κ2) is 8.08. The first-order valence-electron chi connectivity index (χ1n) is 8.67. The number of nitrogens with zero attached hydrogens (tertiary/aromatic N) is 1. The topological polar surface area (TPSA) is 66.5 Å². The molecule has 2 aromatic rings. The maximum Gasteiger partial charge on any atom is 0.255 e. The summed E-state index contributed by atoms with van der Waals surface area (Å²) in [4.78, 5) is 12.5. The molecule has 1 fully saturated rings. The van der Waals surface area contributed by atoms with Gasteiger partial charge in [-0.15, -0.1) is 0 Å². The van der Waals surface area contributed by atoms with Crippen LogP contribution in [0.5, 0.6) is 0 Å². The van der Waals surface area contributed by atoms with Gasteiger partial charge in [-0.3, -0.25) is 4.79 Å². The molecule has 0 aromatic heterocycles. The van der Waals surface area contributed by atoms with Gasteiger partial charge in [0, 0.05) is 22.6 Å². The summed E-state index contributed by atoms with van der Waals surface area (Å²) in [5, 5.41) is 2.48. The Bertz CT molecular complexity index is 965. The third-order valence-corrected chi connectivity index (χ3v) is 7.13. The van der Waals surface area contributed by atoms with Gasteiger partial charge >= 0.3 is 0 Å². The van der Waals surface area contributed by atoms with Gasteiger partial charge in [-0.25, -0.2) is 12.8 Å². The molecule has 3 rings (SSSR count). The van der Waals surface area contributed by atoms with E-state index in [1.54, 1.807) is 6.07 Å². The van der Waals surface area contributed by atoms with Crippen molar-refractivity contribution >= 4 is 37.5 Å². The van der Waals surface area contributed by atoms with Crippen LogP contribution in [0.4, 0.5) is 10.1 Å². The molecule has 1 saturated heterocycles. The number of benzene rings is 2. The van der Waals surface area contributed by atoms with Crippen LogP contribution in [0.15, 0.2) is 51.8 Å². The first kappa shape index (κ1) is 20.0. The highest BCUT2D eigenvalue weighted by Crippen LogP contribution is 2.26. The molecule has 1 N–H and O–H groups in total. The number of carbonyl (C=O) groups excluding carboxylic acids is 1. The zero-order chi connectivity index (χ0) is 19.6. The monoisotopic (exact) mass is 454 g/mol. The van der Waals surface area contributed by atoms with E-state index >= 15 is 0 Å². The number of amides is 1. The maximum absolute atomic E-state index is 13.9. The molecule has 0 spiro atoms. The van der Waals surface area contributed by atoms with Crippen molar-refractivity contribution in [3.05, 3.63) is 58.3 Å². The highest BCUT2D eigenvalue weighted by molar-refractivity contribution is 9.10. The summed E-state index contributed by atoms with van der Waals surface area (Å²) in [7, 11) is -3.68. The zero-order valence-electron chi connectivity index (χ0n) is 14.8. The van der Waals surface area contributed by atoms with Crippen LogP contribution in [0.25, 0.3) is 0 Å². The number of hydrogen-bond acceptors (Lipinski definition) is 3. The van der Waals surface area contributed by atoms with Crippen LogP contribution in [0.1, 0.15) is 36.5 Å². The summed E-state index contributed by atoms with van der Waals surface area (Å²) in [6.45, 7) is 2.37. The molecule has 1 atom stereocenters. The van der Waals surface area contributed by atoms with Crippen LogP contribution in [0.3, 0.4) is 0 Å². The minimum atomic E-state index is -3.68. The van der Waals surface area contributed by atoms with Crippen LogP contribution in [0, 0.1) is 5.82 Å². The summed E-state index contributed by atoms with van der Waals surface area (Å²) in [6.07, 6.45) is 2.66. The van der Waals surface area contributed by atoms with Gasteiger partial charge in [0.1, 0.15) is 5.82 Å². The molecule has 1 amide bonds. The molecule has 1 heterocycles. The van der Waals surface area contributed by atoms with Gasteiger partial charge < -0.3 is 5.32 Å². The number of halogens is 2. The van der Waals surface area contributed by atoms with E-state index in [1.165, 1.54) is 40.7 Å². The first-order chi connectivity index (χ1) is 12.8. The van der Waals surface area contributed by atoms with Crippen molar-refractivity contribution in [1.82, 2.24) is 4.31 Å². The molecule has 1 aliphatic rings. The van der Waals surface area contributed by atoms with E-state index in [1.807, 2.05) is 6.92 Å². The summed E-state index contributed by atoms with van der Waals surface area (Å²) < 4.78 is 41.9. The fraction of sp³-hybridized carbons (Fsp3) is 0.316. The summed E-state index contributed by atoms with van der Waals surface area (Å²) in [6, 6.07) is 10.1. The average molecular weight is 455 g/mol. The van der Waals surface area contributed by atoms with Gasteiger partial charge in [0.25, 0.3) is 5.91 Å². The maximum atomic E-state index is 13.9. The van der Waals surface area contributed by atoms with E-state index in [-0.39, 0.29) is 22.2 Å². The highest BCUT2D eigenvalue weighted by atomic mass is 79.9. The molecule has 1 aliphatic heterocycles. The van der Waals surface area contributed by atoms with Crippen LogP contribution in [-0.2, 0) is 10.0 Å². The van der Waals surface area contributed by atoms with Gasteiger partial charge in [-0.2, -0.15) is 4.31 Å². The second-order valence-corrected chi connectivity index (χ2v) is 9.37. The average Bonchev–Trinajstić information content (AvgIpc) is 2.64. The SMILES string of the molecule is CC1CCCCN1S(=O)(=O)c1cccc(C(=O)Nc2ccc(Br)cc2F)c1. The minimum Gasteiger partial charge on any atom is -0.319 e. The normalized spacial score (nSPS) is 18.3. The van der Waals surface area contributed by atoms with Crippen molar-refractivity contribution in [2.45, 2.75) is 37.1 Å². The van der Waals surface area contributed by atoms with Gasteiger partial charge in [0.15, 0.2) is 0 Å². The standard InChI is InChI=1S/C19H20BrFN2O3S/c1-13-5-2-3-10-23(13)27(25,26)16-7-4-6-14(11-16)19(24)22-18-9-8-15(20)12-17(18)21/h4,6-9,11-13H,2-3,5,10H2,1H3,(H,22,24). The lowest BCUT2D eigenvalue weighted by atomic mass is 10.1. The van der Waals surface area contributed by atoms with Crippen LogP contribution in [0.2, 0.25) is 0 Å². The Balaban J connectivity index is 1.85. The van der Waals surface area contributed by atoms with Gasteiger partial charge in [-0.05, 0) is 56.2 Å². The van der Waals surface area contributed by atoms with E-state index in [2.05, 4.69) is 21.2 Å². The van der Waals surface area contributed by atoms with E-state index in [9.17, 15) is 17.6 Å². The summed E-state index contributed by atoms with van der Waals surface area (Å²) in [5.41, 5.74) is 0.184. The Hall–Kier alpha value is -1.77. The van der Waals surface area contributed by atoms with Crippen molar-refractivity contribution in [3.8, 4) is 0 Å². The van der Waals surface area contributed by atoms with E-state index < -0.39 is 21.7 Å². The number of nitrogens with one attached hydrogen (secondary N) is 1. The molecule has 0 bridgehead atoms. The molecule has 0 aliphatic carbocycles. The molecule has 27 heavy (non-hydrogen) atoms. The Morgan fingerprint density at radius 2 is 2.00 bits per heavy atom. The molecule has 0 saturated carbocycles. The predicted molar refractivity (Wildman–Crippen MR) is 106 cm³/mol. The van der Waals surface area contributed by atoms with Gasteiger partial charge in [0.2, 0.25) is 10.0 Å². The summed E-state index contributed by atoms with van der Waals surface area (Å²) in [5.74, 6) is -1.15. The number of piperidine rings is 1. The molecule has 0 radical (unpaired) electrons. The van der Waals surface area contributed by atoms with E-state index in [0.717, 1.165) is 19.3 Å². The van der Waals surface area contributed by atoms with Gasteiger partial charge in [0.05, 0.1) is 10.6 Å². The van der Waals surface area contributed by atoms with Crippen molar-refractivity contribution < 1.29 is 17.6 Å². The Kier molecular flexibility index (Phi) is 5.98. The summed E-state index contributed by atoms with van der Waals surface area (Å²) >= 11 is 3.16. The van der Waals surface area contributed by atoms with Crippen molar-refractivity contribution in [2.75, 3.05) is 11.9 Å². The molecular weight excluding hydrogens is 435 g/mol. The number of hydrogen-bond donors (Lipinski definition) is 1. The third-order valence-electron chi connectivity index (χ3n) is 4.62. The number of carbonyl (C=O) groups is 1. The molecule has 8 heteroatoms. The molecule has 5 nitrogen and oxygen atoms in total. The third kappa shape index (κ3) is 4.39. The number of sulfonamides is 1. The second-order valence-electron chi connectivity index (χ2n) is 6.57. The van der Waals surface area contributed by atoms with Gasteiger partial charge in [-0.1, -0.05) is 28.4 Å². The minimum absolute atomic E-state index is 0.0288. The largest absolute Gasteiger partial charge is 0.319 e. The Morgan fingerprint density at radius 3 is 2.70 bits per heavy atom. The lowest BCUT2D eigenvalue weighted by Gasteiger charge is -2.32. The van der Waals surface area contributed by atoms with E-state index in [4.69, 9.17) is 0 Å². The fourth-order valence-corrected chi connectivity index (χ4v) is 5.23. The van der Waals surface area contributed by atoms with Crippen molar-refractivity contribution in [2.24, 2.45) is 0 Å². The molecule has 1 unspecified atom stereocenters. The van der Waals surface area contributed by atoms with Crippen LogP contribution < -0.4 is 5.32 Å². The lowest BCUT2D eigenvalue weighted by molar-refractivity contribution is 0.102. The lowest BCUT2D eigenvalue weighted by Crippen LogP contribution is -2.41.